The van der Waals surface area contributed by atoms with Crippen molar-refractivity contribution in [1.29, 1.82) is 0 Å². The summed E-state index contributed by atoms with van der Waals surface area (Å²) in [4.78, 5) is 18.9. The van der Waals surface area contributed by atoms with E-state index in [1.807, 2.05) is 44.0 Å². The molecule has 2 aromatic heterocycles. The lowest BCUT2D eigenvalue weighted by atomic mass is 10.1. The highest BCUT2D eigenvalue weighted by atomic mass is 16.5. The minimum Gasteiger partial charge on any atom is -0.370 e. The van der Waals surface area contributed by atoms with E-state index in [0.717, 1.165) is 23.5 Å². The van der Waals surface area contributed by atoms with Gasteiger partial charge >= 0.3 is 0 Å². The van der Waals surface area contributed by atoms with Gasteiger partial charge in [-0.05, 0) is 38.5 Å². The molecule has 6 nitrogen and oxygen atoms in total. The smallest absolute Gasteiger partial charge is 0.257 e. The van der Waals surface area contributed by atoms with Crippen LogP contribution < -0.4 is 0 Å². The Balaban J connectivity index is 1.77. The van der Waals surface area contributed by atoms with E-state index in [-0.39, 0.29) is 12.0 Å². The molecule has 1 fully saturated rings. The van der Waals surface area contributed by atoms with Crippen LogP contribution in [0.3, 0.4) is 0 Å². The van der Waals surface area contributed by atoms with Crippen LogP contribution in [-0.4, -0.2) is 45.3 Å². The highest BCUT2D eigenvalue weighted by molar-refractivity contribution is 5.95. The summed E-state index contributed by atoms with van der Waals surface area (Å²) >= 11 is 0. The molecule has 1 atom stereocenters. The van der Waals surface area contributed by atoms with Crippen molar-refractivity contribution in [3.05, 3.63) is 47.0 Å². The van der Waals surface area contributed by atoms with Crippen LogP contribution in [0.15, 0.2) is 24.5 Å². The summed E-state index contributed by atoms with van der Waals surface area (Å²) in [6.45, 7) is 8.31. The zero-order valence-electron chi connectivity index (χ0n) is 13.8. The molecule has 0 radical (unpaired) electrons. The first-order valence-electron chi connectivity index (χ1n) is 7.96. The zero-order valence-corrected chi connectivity index (χ0v) is 13.8. The van der Waals surface area contributed by atoms with E-state index < -0.39 is 0 Å². The lowest BCUT2D eigenvalue weighted by molar-refractivity contribution is -0.0229. The molecule has 1 amide bonds. The Morgan fingerprint density at radius 2 is 2.26 bits per heavy atom. The summed E-state index contributed by atoms with van der Waals surface area (Å²) in [6, 6.07) is 3.96. The molecule has 1 saturated heterocycles. The van der Waals surface area contributed by atoms with Crippen LogP contribution in [0.1, 0.15) is 40.3 Å². The Hall–Kier alpha value is -2.21. The van der Waals surface area contributed by atoms with Crippen molar-refractivity contribution >= 4 is 5.91 Å². The molecule has 0 aromatic carbocycles. The molecule has 1 aliphatic rings. The molecule has 0 N–H and O–H groups in total. The number of amides is 1. The van der Waals surface area contributed by atoms with Gasteiger partial charge in [-0.15, -0.1) is 0 Å². The number of aromatic nitrogens is 3. The van der Waals surface area contributed by atoms with Gasteiger partial charge in [-0.2, -0.15) is 5.10 Å². The number of carbonyl (C=O) groups excluding carboxylic acids is 1. The van der Waals surface area contributed by atoms with E-state index in [4.69, 9.17) is 4.74 Å². The van der Waals surface area contributed by atoms with Crippen LogP contribution in [0.25, 0.3) is 0 Å². The van der Waals surface area contributed by atoms with E-state index in [1.165, 1.54) is 0 Å². The Morgan fingerprint density at radius 3 is 2.96 bits per heavy atom. The predicted molar refractivity (Wildman–Crippen MR) is 86.2 cm³/mol. The molecular weight excluding hydrogens is 292 g/mol. The second kappa shape index (κ2) is 6.50. The van der Waals surface area contributed by atoms with Crippen LogP contribution in [0.5, 0.6) is 0 Å². The van der Waals surface area contributed by atoms with Crippen LogP contribution >= 0.6 is 0 Å². The average molecular weight is 314 g/mol. The van der Waals surface area contributed by atoms with Gasteiger partial charge in [0.1, 0.15) is 6.10 Å². The van der Waals surface area contributed by atoms with Gasteiger partial charge < -0.3 is 9.64 Å². The molecule has 6 heteroatoms. The Morgan fingerprint density at radius 1 is 1.43 bits per heavy atom. The molecule has 3 heterocycles. The van der Waals surface area contributed by atoms with E-state index in [9.17, 15) is 4.79 Å². The molecule has 0 bridgehead atoms. The molecule has 1 aliphatic heterocycles. The maximum Gasteiger partial charge on any atom is 0.257 e. The SMILES string of the molecule is CCn1cc(C(=O)N2CCO[C@H](c3ccnc(C)c3)C2)c(C)n1. The molecule has 0 unspecified atom stereocenters. The molecule has 0 spiro atoms. The van der Waals surface area contributed by atoms with Gasteiger partial charge in [-0.25, -0.2) is 0 Å². The van der Waals surface area contributed by atoms with Crippen LogP contribution in [0, 0.1) is 13.8 Å². The van der Waals surface area contributed by atoms with Gasteiger partial charge in [0.25, 0.3) is 5.91 Å². The van der Waals surface area contributed by atoms with Gasteiger partial charge in [-0.3, -0.25) is 14.5 Å². The molecular formula is C17H22N4O2. The van der Waals surface area contributed by atoms with Crippen molar-refractivity contribution in [2.45, 2.75) is 33.4 Å². The number of pyridine rings is 1. The van der Waals surface area contributed by atoms with E-state index in [1.54, 1.807) is 10.9 Å². The van der Waals surface area contributed by atoms with Crippen molar-refractivity contribution in [2.75, 3.05) is 19.7 Å². The third-order valence-corrected chi connectivity index (χ3v) is 4.15. The topological polar surface area (TPSA) is 60.2 Å². The predicted octanol–water partition coefficient (Wildman–Crippen LogP) is 2.13. The van der Waals surface area contributed by atoms with Crippen molar-refractivity contribution in [1.82, 2.24) is 19.7 Å². The normalized spacial score (nSPS) is 18.2. The molecule has 23 heavy (non-hydrogen) atoms. The minimum atomic E-state index is -0.101. The number of nitrogens with zero attached hydrogens (tertiary/aromatic N) is 4. The summed E-state index contributed by atoms with van der Waals surface area (Å²) in [5, 5.41) is 4.36. The summed E-state index contributed by atoms with van der Waals surface area (Å²) < 4.78 is 7.65. The number of carbonyl (C=O) groups is 1. The number of hydrogen-bond donors (Lipinski definition) is 0. The second-order valence-corrected chi connectivity index (χ2v) is 5.83. The summed E-state index contributed by atoms with van der Waals surface area (Å²) in [6.07, 6.45) is 3.51. The minimum absolute atomic E-state index is 0.0290. The molecule has 0 saturated carbocycles. The summed E-state index contributed by atoms with van der Waals surface area (Å²) in [5.41, 5.74) is 3.48. The third-order valence-electron chi connectivity index (χ3n) is 4.15. The van der Waals surface area contributed by atoms with Crippen LogP contribution in [-0.2, 0) is 11.3 Å². The number of aryl methyl sites for hydroxylation is 3. The Bertz CT molecular complexity index is 710. The van der Waals surface area contributed by atoms with Crippen molar-refractivity contribution in [2.24, 2.45) is 0 Å². The standard InChI is InChI=1S/C17H22N4O2/c1-4-21-10-15(13(3)19-21)17(22)20-7-8-23-16(11-20)14-5-6-18-12(2)9-14/h5-6,9-10,16H,4,7-8,11H2,1-3H3/t16-/m0/s1. The fourth-order valence-corrected chi connectivity index (χ4v) is 2.86. The average Bonchev–Trinajstić information content (AvgIpc) is 2.95. The van der Waals surface area contributed by atoms with Crippen molar-refractivity contribution < 1.29 is 9.53 Å². The van der Waals surface area contributed by atoms with Gasteiger partial charge in [0.2, 0.25) is 0 Å². The maximum atomic E-state index is 12.8. The van der Waals surface area contributed by atoms with E-state index in [0.29, 0.717) is 25.3 Å². The van der Waals surface area contributed by atoms with Gasteiger partial charge in [-0.1, -0.05) is 0 Å². The fourth-order valence-electron chi connectivity index (χ4n) is 2.86. The van der Waals surface area contributed by atoms with Gasteiger partial charge in [0.15, 0.2) is 0 Å². The van der Waals surface area contributed by atoms with Crippen molar-refractivity contribution in [3.8, 4) is 0 Å². The number of hydrogen-bond acceptors (Lipinski definition) is 4. The second-order valence-electron chi connectivity index (χ2n) is 5.83. The quantitative estimate of drug-likeness (QED) is 0.871. The van der Waals surface area contributed by atoms with Crippen LogP contribution in [0.2, 0.25) is 0 Å². The zero-order chi connectivity index (χ0) is 16.4. The number of ether oxygens (including phenoxy) is 1. The fraction of sp³-hybridized carbons (Fsp3) is 0.471. The summed E-state index contributed by atoms with van der Waals surface area (Å²) in [7, 11) is 0. The molecule has 2 aromatic rings. The molecule has 122 valence electrons. The maximum absolute atomic E-state index is 12.8. The lowest BCUT2D eigenvalue weighted by Gasteiger charge is -2.33. The Labute approximate surface area is 136 Å². The van der Waals surface area contributed by atoms with E-state index in [2.05, 4.69) is 10.1 Å². The first-order valence-corrected chi connectivity index (χ1v) is 7.96. The highest BCUT2D eigenvalue weighted by Crippen LogP contribution is 2.24. The Kier molecular flexibility index (Phi) is 4.43. The van der Waals surface area contributed by atoms with Gasteiger partial charge in [0.05, 0.1) is 24.4 Å². The largest absolute Gasteiger partial charge is 0.370 e. The van der Waals surface area contributed by atoms with Crippen LogP contribution in [0.4, 0.5) is 0 Å². The first kappa shape index (κ1) is 15.7. The molecule has 3 rings (SSSR count). The number of morpholine rings is 1. The monoisotopic (exact) mass is 314 g/mol. The third kappa shape index (κ3) is 3.27. The molecule has 0 aliphatic carbocycles. The first-order chi connectivity index (χ1) is 11.1. The summed E-state index contributed by atoms with van der Waals surface area (Å²) in [5.74, 6) is 0.0290. The lowest BCUT2D eigenvalue weighted by Crippen LogP contribution is -2.42. The highest BCUT2D eigenvalue weighted by Gasteiger charge is 2.28. The number of rotatable bonds is 3. The van der Waals surface area contributed by atoms with Gasteiger partial charge in [0, 0.05) is 31.2 Å². The van der Waals surface area contributed by atoms with Crippen molar-refractivity contribution in [3.63, 3.8) is 0 Å². The van der Waals surface area contributed by atoms with E-state index >= 15 is 0 Å².